The maximum Gasteiger partial charge on any atom is 0.269 e. The molecule has 0 atom stereocenters. The van der Waals surface area contributed by atoms with Crippen LogP contribution in [-0.2, 0) is 11.3 Å². The highest BCUT2D eigenvalue weighted by molar-refractivity contribution is 7.80. The maximum atomic E-state index is 12.0. The highest BCUT2D eigenvalue weighted by Gasteiger charge is 2.07. The van der Waals surface area contributed by atoms with Gasteiger partial charge in [-0.15, -0.1) is 5.10 Å². The molecule has 2 heterocycles. The van der Waals surface area contributed by atoms with Crippen LogP contribution >= 0.6 is 23.8 Å². The molecule has 0 radical (unpaired) electrons. The molecule has 0 aliphatic heterocycles. The number of aryl methyl sites for hydroxylation is 1. The van der Waals surface area contributed by atoms with Crippen LogP contribution in [0, 0.1) is 0 Å². The third kappa shape index (κ3) is 6.23. The molecule has 0 unspecified atom stereocenters. The van der Waals surface area contributed by atoms with Gasteiger partial charge in [-0.05, 0) is 66.3 Å². The number of carbonyl (C=O) groups is 1. The number of hydrogen-bond acceptors (Lipinski definition) is 6. The topological polar surface area (TPSA) is 97.9 Å². The summed E-state index contributed by atoms with van der Waals surface area (Å²) < 4.78 is 5.71. The average molecular weight is 431 g/mol. The minimum Gasteiger partial charge on any atom is -0.457 e. The average Bonchev–Trinajstić information content (AvgIpc) is 3.35. The van der Waals surface area contributed by atoms with E-state index in [9.17, 15) is 4.79 Å². The lowest BCUT2D eigenvalue weighted by atomic mass is 10.2. The molecule has 0 saturated carbocycles. The van der Waals surface area contributed by atoms with Crippen molar-refractivity contribution in [2.75, 3.05) is 5.32 Å². The van der Waals surface area contributed by atoms with Gasteiger partial charge in [0.15, 0.2) is 5.11 Å². The van der Waals surface area contributed by atoms with Gasteiger partial charge in [0, 0.05) is 16.7 Å². The number of carbonyl (C=O) groups excluding carboxylic acids is 1. The third-order valence-electron chi connectivity index (χ3n) is 3.78. The van der Waals surface area contributed by atoms with Gasteiger partial charge in [-0.3, -0.25) is 15.4 Å². The number of halogens is 1. The van der Waals surface area contributed by atoms with Crippen LogP contribution in [0.3, 0.4) is 0 Å². The van der Waals surface area contributed by atoms with Crippen LogP contribution in [0.4, 0.5) is 5.95 Å². The van der Waals surface area contributed by atoms with Crippen molar-refractivity contribution in [1.29, 1.82) is 0 Å². The van der Waals surface area contributed by atoms with Crippen molar-refractivity contribution in [2.24, 2.45) is 0 Å². The van der Waals surface area contributed by atoms with Crippen molar-refractivity contribution in [2.45, 2.75) is 26.3 Å². The Bertz CT molecular complexity index is 1010. The van der Waals surface area contributed by atoms with Crippen molar-refractivity contribution in [3.05, 3.63) is 53.3 Å². The fraction of sp³-hybridized carbons (Fsp3) is 0.211. The summed E-state index contributed by atoms with van der Waals surface area (Å²) in [4.78, 5) is 13.5. The van der Waals surface area contributed by atoms with Crippen molar-refractivity contribution in [3.63, 3.8) is 0 Å². The molecule has 8 nitrogen and oxygen atoms in total. The number of furan rings is 1. The monoisotopic (exact) mass is 430 g/mol. The SMILES string of the molecule is CCCCn1nnc(NC(=S)NC(=O)C=Cc2ccc(-c3ccc(Cl)cc3)o2)n1. The number of nitrogens with one attached hydrogen (secondary N) is 2. The molecule has 2 N–H and O–H groups in total. The molecule has 10 heteroatoms. The van der Waals surface area contributed by atoms with Gasteiger partial charge in [0.05, 0.1) is 6.54 Å². The number of unbranched alkanes of at least 4 members (excludes halogenated alkanes) is 1. The number of benzene rings is 1. The third-order valence-corrected chi connectivity index (χ3v) is 4.24. The summed E-state index contributed by atoms with van der Waals surface area (Å²) in [6.07, 6.45) is 4.86. The predicted octanol–water partition coefficient (Wildman–Crippen LogP) is 3.91. The zero-order chi connectivity index (χ0) is 20.6. The molecule has 0 saturated heterocycles. The first-order valence-electron chi connectivity index (χ1n) is 8.97. The number of thiocarbonyl (C=S) groups is 1. The number of amides is 1. The van der Waals surface area contributed by atoms with E-state index >= 15 is 0 Å². The first-order valence-corrected chi connectivity index (χ1v) is 9.75. The Morgan fingerprint density at radius 3 is 2.83 bits per heavy atom. The molecular formula is C19H19ClN6O2S. The maximum absolute atomic E-state index is 12.0. The lowest BCUT2D eigenvalue weighted by molar-refractivity contribution is -0.115. The molecular weight excluding hydrogens is 412 g/mol. The van der Waals surface area contributed by atoms with Gasteiger partial charge in [0.25, 0.3) is 5.95 Å². The Morgan fingerprint density at radius 2 is 2.07 bits per heavy atom. The van der Waals surface area contributed by atoms with Crippen LogP contribution in [-0.4, -0.2) is 31.2 Å². The van der Waals surface area contributed by atoms with E-state index in [0.717, 1.165) is 18.4 Å². The van der Waals surface area contributed by atoms with Crippen LogP contribution in [0.15, 0.2) is 46.9 Å². The van der Waals surface area contributed by atoms with E-state index in [1.54, 1.807) is 24.3 Å². The summed E-state index contributed by atoms with van der Waals surface area (Å²) >= 11 is 11.0. The van der Waals surface area contributed by atoms with E-state index < -0.39 is 5.91 Å². The summed E-state index contributed by atoms with van der Waals surface area (Å²) in [5.41, 5.74) is 0.892. The lowest BCUT2D eigenvalue weighted by Crippen LogP contribution is -2.33. The molecule has 1 amide bonds. The Balaban J connectivity index is 1.51. The molecule has 29 heavy (non-hydrogen) atoms. The number of nitrogens with zero attached hydrogens (tertiary/aromatic N) is 4. The number of hydrogen-bond donors (Lipinski definition) is 2. The summed E-state index contributed by atoms with van der Waals surface area (Å²) in [5, 5.41) is 17.8. The highest BCUT2D eigenvalue weighted by Crippen LogP contribution is 2.24. The zero-order valence-corrected chi connectivity index (χ0v) is 17.2. The van der Waals surface area contributed by atoms with Crippen molar-refractivity contribution < 1.29 is 9.21 Å². The van der Waals surface area contributed by atoms with E-state index in [-0.39, 0.29) is 11.1 Å². The van der Waals surface area contributed by atoms with Crippen LogP contribution in [0.25, 0.3) is 17.4 Å². The summed E-state index contributed by atoms with van der Waals surface area (Å²) in [6.45, 7) is 2.75. The van der Waals surface area contributed by atoms with Crippen molar-refractivity contribution in [1.82, 2.24) is 25.5 Å². The predicted molar refractivity (Wildman–Crippen MR) is 115 cm³/mol. The number of aromatic nitrogens is 4. The van der Waals surface area contributed by atoms with E-state index in [1.807, 2.05) is 18.2 Å². The number of rotatable bonds is 7. The zero-order valence-electron chi connectivity index (χ0n) is 15.6. The fourth-order valence-electron chi connectivity index (χ4n) is 2.34. The van der Waals surface area contributed by atoms with E-state index in [1.165, 1.54) is 10.9 Å². The van der Waals surface area contributed by atoms with E-state index in [2.05, 4.69) is 33.0 Å². The first-order chi connectivity index (χ1) is 14.0. The van der Waals surface area contributed by atoms with E-state index in [4.69, 9.17) is 28.2 Å². The second-order valence-electron chi connectivity index (χ2n) is 6.05. The van der Waals surface area contributed by atoms with Gasteiger partial charge >= 0.3 is 0 Å². The molecule has 2 aromatic heterocycles. The molecule has 0 fully saturated rings. The van der Waals surface area contributed by atoms with Gasteiger partial charge in [-0.1, -0.05) is 30.0 Å². The molecule has 1 aromatic carbocycles. The number of anilines is 1. The number of tetrazole rings is 1. The van der Waals surface area contributed by atoms with Crippen LogP contribution in [0.1, 0.15) is 25.5 Å². The minimum absolute atomic E-state index is 0.0796. The molecule has 0 aliphatic rings. The Labute approximate surface area is 177 Å². The van der Waals surface area contributed by atoms with Gasteiger partial charge in [-0.25, -0.2) is 0 Å². The van der Waals surface area contributed by atoms with Gasteiger partial charge in [0.1, 0.15) is 11.5 Å². The molecule has 0 aliphatic carbocycles. The molecule has 3 aromatic rings. The van der Waals surface area contributed by atoms with Crippen LogP contribution in [0.5, 0.6) is 0 Å². The normalized spacial score (nSPS) is 11.0. The second kappa shape index (κ2) is 9.94. The minimum atomic E-state index is -0.412. The highest BCUT2D eigenvalue weighted by atomic mass is 35.5. The van der Waals surface area contributed by atoms with Gasteiger partial charge < -0.3 is 4.42 Å². The Hall–Kier alpha value is -3.04. The smallest absolute Gasteiger partial charge is 0.269 e. The van der Waals surface area contributed by atoms with Crippen molar-refractivity contribution >= 4 is 46.9 Å². The quantitative estimate of drug-likeness (QED) is 0.433. The molecule has 3 rings (SSSR count). The lowest BCUT2D eigenvalue weighted by Gasteiger charge is -2.03. The fourth-order valence-corrected chi connectivity index (χ4v) is 2.66. The largest absolute Gasteiger partial charge is 0.457 e. The summed E-state index contributed by atoms with van der Waals surface area (Å²) in [5.74, 6) is 1.03. The Morgan fingerprint density at radius 1 is 1.28 bits per heavy atom. The van der Waals surface area contributed by atoms with Crippen molar-refractivity contribution in [3.8, 4) is 11.3 Å². The van der Waals surface area contributed by atoms with E-state index in [0.29, 0.717) is 23.1 Å². The molecule has 0 bridgehead atoms. The van der Waals surface area contributed by atoms with Crippen LogP contribution < -0.4 is 10.6 Å². The van der Waals surface area contributed by atoms with Gasteiger partial charge in [0.2, 0.25) is 5.91 Å². The van der Waals surface area contributed by atoms with Crippen LogP contribution in [0.2, 0.25) is 5.02 Å². The summed E-state index contributed by atoms with van der Waals surface area (Å²) in [6, 6.07) is 10.9. The molecule has 150 valence electrons. The standard InChI is InChI=1S/C19H19ClN6O2S/c1-2-3-12-26-24-18(23-25-26)22-19(29)21-17(27)11-9-15-8-10-16(28-15)13-4-6-14(20)7-5-13/h4-11H,2-3,12H2,1H3,(H2,21,22,24,27,29). The Kier molecular flexibility index (Phi) is 7.09. The second-order valence-corrected chi connectivity index (χ2v) is 6.89. The molecule has 0 spiro atoms. The first kappa shape index (κ1) is 20.7. The van der Waals surface area contributed by atoms with Gasteiger partial charge in [-0.2, -0.15) is 4.80 Å². The summed E-state index contributed by atoms with van der Waals surface area (Å²) in [7, 11) is 0.